The van der Waals surface area contributed by atoms with E-state index in [1.54, 1.807) is 0 Å². The molecule has 0 radical (unpaired) electrons. The molecule has 3 heteroatoms. The van der Waals surface area contributed by atoms with Crippen LogP contribution in [0.4, 0.5) is 0 Å². The molecule has 104 valence electrons. The number of rotatable bonds is 2. The normalized spacial score (nSPS) is 32.0. The quantitative estimate of drug-likeness (QED) is 0.771. The Morgan fingerprint density at radius 2 is 2.21 bits per heavy atom. The number of alkyl halides is 1. The standard InChI is InChI=1S/C16H22ClNO/c1-12-6-8-18(10-15(12)17)11-16-14-5-3-2-4-13(14)7-9-19-16/h2-5,12,15-16H,6-11H2,1H3. The van der Waals surface area contributed by atoms with Gasteiger partial charge in [0, 0.05) is 18.5 Å². The van der Waals surface area contributed by atoms with Gasteiger partial charge in [0.1, 0.15) is 0 Å². The lowest BCUT2D eigenvalue weighted by Crippen LogP contribution is -2.43. The van der Waals surface area contributed by atoms with Crippen molar-refractivity contribution in [3.05, 3.63) is 35.4 Å². The number of halogens is 1. The summed E-state index contributed by atoms with van der Waals surface area (Å²) < 4.78 is 5.98. The lowest BCUT2D eigenvalue weighted by molar-refractivity contribution is 0.00976. The van der Waals surface area contributed by atoms with Gasteiger partial charge in [0.05, 0.1) is 12.7 Å². The van der Waals surface area contributed by atoms with E-state index in [0.717, 1.165) is 32.7 Å². The molecule has 0 N–H and O–H groups in total. The van der Waals surface area contributed by atoms with E-state index < -0.39 is 0 Å². The van der Waals surface area contributed by atoms with E-state index in [-0.39, 0.29) is 11.5 Å². The number of hydrogen-bond acceptors (Lipinski definition) is 2. The smallest absolute Gasteiger partial charge is 0.0954 e. The highest BCUT2D eigenvalue weighted by Gasteiger charge is 2.28. The van der Waals surface area contributed by atoms with Gasteiger partial charge >= 0.3 is 0 Å². The van der Waals surface area contributed by atoms with Gasteiger partial charge in [0.25, 0.3) is 0 Å². The molecule has 1 fully saturated rings. The fourth-order valence-electron chi connectivity index (χ4n) is 3.11. The molecular weight excluding hydrogens is 258 g/mol. The van der Waals surface area contributed by atoms with Crippen LogP contribution in [0.2, 0.25) is 0 Å². The number of benzene rings is 1. The van der Waals surface area contributed by atoms with Crippen LogP contribution in [-0.2, 0) is 11.2 Å². The third kappa shape index (κ3) is 2.96. The SMILES string of the molecule is CC1CCN(CC2OCCc3ccccc32)CC1Cl. The Balaban J connectivity index is 1.68. The molecule has 0 aromatic heterocycles. The molecular formula is C16H22ClNO. The summed E-state index contributed by atoms with van der Waals surface area (Å²) in [5.74, 6) is 0.637. The van der Waals surface area contributed by atoms with Crippen molar-refractivity contribution in [2.75, 3.05) is 26.2 Å². The van der Waals surface area contributed by atoms with Crippen molar-refractivity contribution < 1.29 is 4.74 Å². The second-order valence-corrected chi connectivity index (χ2v) is 6.41. The van der Waals surface area contributed by atoms with Crippen LogP contribution >= 0.6 is 11.6 Å². The van der Waals surface area contributed by atoms with Gasteiger partial charge < -0.3 is 4.74 Å². The second-order valence-electron chi connectivity index (χ2n) is 5.85. The molecule has 19 heavy (non-hydrogen) atoms. The van der Waals surface area contributed by atoms with E-state index >= 15 is 0 Å². The lowest BCUT2D eigenvalue weighted by Gasteiger charge is -2.37. The fraction of sp³-hybridized carbons (Fsp3) is 0.625. The van der Waals surface area contributed by atoms with Crippen LogP contribution in [0.3, 0.4) is 0 Å². The van der Waals surface area contributed by atoms with Crippen LogP contribution in [0.15, 0.2) is 24.3 Å². The highest BCUT2D eigenvalue weighted by molar-refractivity contribution is 6.21. The van der Waals surface area contributed by atoms with Gasteiger partial charge in [0.15, 0.2) is 0 Å². The van der Waals surface area contributed by atoms with E-state index in [4.69, 9.17) is 16.3 Å². The highest BCUT2D eigenvalue weighted by Crippen LogP contribution is 2.29. The Bertz CT molecular complexity index is 437. The predicted octanol–water partition coefficient (Wildman–Crippen LogP) is 3.25. The van der Waals surface area contributed by atoms with E-state index in [1.807, 2.05) is 0 Å². The lowest BCUT2D eigenvalue weighted by atomic mass is 9.95. The molecule has 3 atom stereocenters. The maximum atomic E-state index is 6.40. The maximum absolute atomic E-state index is 6.40. The molecule has 0 amide bonds. The van der Waals surface area contributed by atoms with Crippen molar-refractivity contribution in [3.8, 4) is 0 Å². The van der Waals surface area contributed by atoms with Crippen molar-refractivity contribution >= 4 is 11.6 Å². The summed E-state index contributed by atoms with van der Waals surface area (Å²) in [7, 11) is 0. The summed E-state index contributed by atoms with van der Waals surface area (Å²) in [6.07, 6.45) is 2.46. The van der Waals surface area contributed by atoms with E-state index in [9.17, 15) is 0 Å². The predicted molar refractivity (Wildman–Crippen MR) is 78.7 cm³/mol. The van der Waals surface area contributed by atoms with Crippen LogP contribution < -0.4 is 0 Å². The zero-order valence-electron chi connectivity index (χ0n) is 11.5. The summed E-state index contributed by atoms with van der Waals surface area (Å²) in [5, 5.41) is 0.285. The van der Waals surface area contributed by atoms with Gasteiger partial charge in [-0.25, -0.2) is 0 Å². The van der Waals surface area contributed by atoms with Crippen LogP contribution in [0.25, 0.3) is 0 Å². The molecule has 2 nitrogen and oxygen atoms in total. The zero-order chi connectivity index (χ0) is 13.2. The number of ether oxygens (including phenoxy) is 1. The second kappa shape index (κ2) is 5.82. The summed E-state index contributed by atoms with van der Waals surface area (Å²) in [4.78, 5) is 2.46. The van der Waals surface area contributed by atoms with Crippen LogP contribution in [0.1, 0.15) is 30.6 Å². The number of fused-ring (bicyclic) bond motifs is 1. The minimum Gasteiger partial charge on any atom is -0.372 e. The summed E-state index contributed by atoms with van der Waals surface area (Å²) >= 11 is 6.40. The van der Waals surface area contributed by atoms with Crippen molar-refractivity contribution in [1.82, 2.24) is 4.90 Å². The van der Waals surface area contributed by atoms with Crippen molar-refractivity contribution in [3.63, 3.8) is 0 Å². The van der Waals surface area contributed by atoms with Gasteiger partial charge in [-0.15, -0.1) is 11.6 Å². The summed E-state index contributed by atoms with van der Waals surface area (Å²) in [5.41, 5.74) is 2.82. The van der Waals surface area contributed by atoms with E-state index in [1.165, 1.54) is 17.5 Å². The topological polar surface area (TPSA) is 12.5 Å². The molecule has 1 aromatic rings. The van der Waals surface area contributed by atoms with Gasteiger partial charge in [-0.3, -0.25) is 4.90 Å². The minimum absolute atomic E-state index is 0.224. The first kappa shape index (κ1) is 13.4. The van der Waals surface area contributed by atoms with Gasteiger partial charge in [-0.2, -0.15) is 0 Å². The largest absolute Gasteiger partial charge is 0.372 e. The molecule has 0 saturated carbocycles. The van der Waals surface area contributed by atoms with Crippen molar-refractivity contribution in [2.45, 2.75) is 31.2 Å². The number of hydrogen-bond donors (Lipinski definition) is 0. The van der Waals surface area contributed by atoms with Gasteiger partial charge in [-0.1, -0.05) is 31.2 Å². The monoisotopic (exact) mass is 279 g/mol. The number of nitrogens with zero attached hydrogens (tertiary/aromatic N) is 1. The number of piperidine rings is 1. The zero-order valence-corrected chi connectivity index (χ0v) is 12.3. The van der Waals surface area contributed by atoms with Crippen LogP contribution in [0, 0.1) is 5.92 Å². The Morgan fingerprint density at radius 3 is 3.05 bits per heavy atom. The minimum atomic E-state index is 0.224. The molecule has 2 aliphatic heterocycles. The Kier molecular flexibility index (Phi) is 4.11. The van der Waals surface area contributed by atoms with Crippen LogP contribution in [-0.4, -0.2) is 36.5 Å². The average molecular weight is 280 g/mol. The first-order valence-electron chi connectivity index (χ1n) is 7.30. The fourth-order valence-corrected chi connectivity index (χ4v) is 3.43. The summed E-state index contributed by atoms with van der Waals surface area (Å²) in [6.45, 7) is 6.21. The molecule has 3 unspecified atom stereocenters. The molecule has 2 aliphatic rings. The maximum Gasteiger partial charge on any atom is 0.0954 e. The first-order chi connectivity index (χ1) is 9.24. The highest BCUT2D eigenvalue weighted by atomic mass is 35.5. The molecule has 1 saturated heterocycles. The third-order valence-corrected chi connectivity index (χ3v) is 5.04. The Hall–Kier alpha value is -0.570. The third-order valence-electron chi connectivity index (χ3n) is 4.47. The molecule has 0 aliphatic carbocycles. The molecule has 3 rings (SSSR count). The molecule has 0 bridgehead atoms. The molecule has 2 heterocycles. The Labute approximate surface area is 120 Å². The average Bonchev–Trinajstić information content (AvgIpc) is 2.43. The van der Waals surface area contributed by atoms with Gasteiger partial charge in [-0.05, 0) is 36.4 Å². The van der Waals surface area contributed by atoms with Crippen molar-refractivity contribution in [2.24, 2.45) is 5.92 Å². The first-order valence-corrected chi connectivity index (χ1v) is 7.73. The molecule has 0 spiro atoms. The Morgan fingerprint density at radius 1 is 1.37 bits per heavy atom. The molecule has 1 aromatic carbocycles. The van der Waals surface area contributed by atoms with E-state index in [2.05, 4.69) is 36.1 Å². The van der Waals surface area contributed by atoms with Crippen LogP contribution in [0.5, 0.6) is 0 Å². The van der Waals surface area contributed by atoms with Gasteiger partial charge in [0.2, 0.25) is 0 Å². The van der Waals surface area contributed by atoms with Crippen molar-refractivity contribution in [1.29, 1.82) is 0 Å². The number of likely N-dealkylation sites (tertiary alicyclic amines) is 1. The summed E-state index contributed by atoms with van der Waals surface area (Å²) in [6, 6.07) is 8.68. The van der Waals surface area contributed by atoms with E-state index in [0.29, 0.717) is 5.92 Å².